The fourth-order valence-electron chi connectivity index (χ4n) is 1.96. The summed E-state index contributed by atoms with van der Waals surface area (Å²) in [6.45, 7) is -0.928. The molecule has 0 spiro atoms. The number of halogens is 7. The van der Waals surface area contributed by atoms with Gasteiger partial charge in [-0.3, -0.25) is 9.78 Å². The Morgan fingerprint density at radius 3 is 2.04 bits per heavy atom. The third-order valence-corrected chi connectivity index (χ3v) is 3.58. The summed E-state index contributed by atoms with van der Waals surface area (Å²) in [5, 5.41) is 1.84. The van der Waals surface area contributed by atoms with E-state index in [0.29, 0.717) is 16.6 Å². The van der Waals surface area contributed by atoms with Gasteiger partial charge in [0.15, 0.2) is 6.61 Å². The van der Waals surface area contributed by atoms with Crippen LogP contribution in [0.4, 0.5) is 32.0 Å². The van der Waals surface area contributed by atoms with Crippen molar-refractivity contribution in [3.63, 3.8) is 0 Å². The van der Waals surface area contributed by atoms with Gasteiger partial charge in [0.1, 0.15) is 0 Å². The molecule has 0 saturated heterocycles. The maximum absolute atomic E-state index is 12.8. The van der Waals surface area contributed by atoms with E-state index in [1.165, 1.54) is 12.3 Å². The van der Waals surface area contributed by atoms with E-state index in [4.69, 9.17) is 0 Å². The second-order valence-electron chi connectivity index (χ2n) is 5.31. The normalized spacial score (nSPS) is 11.8. The van der Waals surface area contributed by atoms with Crippen LogP contribution in [0.1, 0.15) is 21.5 Å². The number of ether oxygens (including phenoxy) is 1. The van der Waals surface area contributed by atoms with E-state index in [0.717, 1.165) is 6.20 Å². The Kier molecular flexibility index (Phi) is 6.32. The largest absolute Gasteiger partial charge is 0.452 e. The summed E-state index contributed by atoms with van der Waals surface area (Å²) in [6, 6.07) is 1.95. The molecular weight excluding hydrogens is 462 g/mol. The van der Waals surface area contributed by atoms with Crippen LogP contribution in [0.25, 0.3) is 0 Å². The van der Waals surface area contributed by atoms with Gasteiger partial charge in [-0.15, -0.1) is 0 Å². The average molecular weight is 471 g/mol. The molecule has 0 radical (unpaired) electrons. The summed E-state index contributed by atoms with van der Waals surface area (Å²) in [5.74, 6) is -2.08. The third-order valence-electron chi connectivity index (χ3n) is 3.15. The number of anilines is 1. The van der Waals surface area contributed by atoms with E-state index < -0.39 is 47.7 Å². The lowest BCUT2D eigenvalue weighted by Crippen LogP contribution is -2.22. The van der Waals surface area contributed by atoms with Crippen LogP contribution in [0, 0.1) is 0 Å². The predicted molar refractivity (Wildman–Crippen MR) is 87.3 cm³/mol. The van der Waals surface area contributed by atoms with Crippen molar-refractivity contribution in [1.82, 2.24) is 4.98 Å². The molecule has 0 aliphatic heterocycles. The maximum Gasteiger partial charge on any atom is 0.416 e. The number of nitrogens with one attached hydrogen (secondary N) is 1. The lowest BCUT2D eigenvalue weighted by atomic mass is 10.1. The highest BCUT2D eigenvalue weighted by Crippen LogP contribution is 2.37. The van der Waals surface area contributed by atoms with Crippen LogP contribution in [0.15, 0.2) is 41.1 Å². The van der Waals surface area contributed by atoms with Crippen molar-refractivity contribution < 1.29 is 40.7 Å². The van der Waals surface area contributed by atoms with Gasteiger partial charge in [-0.25, -0.2) is 4.79 Å². The number of hydrogen-bond acceptors (Lipinski definition) is 4. The number of esters is 1. The number of aromatic nitrogens is 1. The van der Waals surface area contributed by atoms with E-state index in [9.17, 15) is 35.9 Å². The fraction of sp³-hybridized carbons (Fsp3) is 0.188. The van der Waals surface area contributed by atoms with E-state index in [1.54, 1.807) is 0 Å². The lowest BCUT2D eigenvalue weighted by Gasteiger charge is -2.14. The Morgan fingerprint density at radius 1 is 0.964 bits per heavy atom. The van der Waals surface area contributed by atoms with Crippen LogP contribution in [0.5, 0.6) is 0 Å². The van der Waals surface area contributed by atoms with E-state index >= 15 is 0 Å². The van der Waals surface area contributed by atoms with Gasteiger partial charge in [0.2, 0.25) is 0 Å². The molecule has 0 unspecified atom stereocenters. The molecule has 1 aromatic carbocycles. The summed E-state index contributed by atoms with van der Waals surface area (Å²) in [6.07, 6.45) is -7.58. The highest BCUT2D eigenvalue weighted by atomic mass is 79.9. The molecule has 0 aliphatic rings. The second-order valence-corrected chi connectivity index (χ2v) is 6.23. The van der Waals surface area contributed by atoms with Crippen LogP contribution in [-0.4, -0.2) is 23.5 Å². The fourth-order valence-corrected chi connectivity index (χ4v) is 2.33. The molecule has 0 atom stereocenters. The number of pyridine rings is 1. The summed E-state index contributed by atoms with van der Waals surface area (Å²) < 4.78 is 81.8. The van der Waals surface area contributed by atoms with Gasteiger partial charge >= 0.3 is 18.3 Å². The molecule has 0 saturated carbocycles. The summed E-state index contributed by atoms with van der Waals surface area (Å²) >= 11 is 3.07. The Balaban J connectivity index is 2.11. The molecule has 1 N–H and O–H groups in total. The van der Waals surface area contributed by atoms with Crippen molar-refractivity contribution in [3.05, 3.63) is 57.8 Å². The first kappa shape index (κ1) is 21.7. The minimum Gasteiger partial charge on any atom is -0.452 e. The summed E-state index contributed by atoms with van der Waals surface area (Å²) in [4.78, 5) is 27.2. The predicted octanol–water partition coefficient (Wildman–Crippen LogP) is 4.68. The Morgan fingerprint density at radius 2 is 1.54 bits per heavy atom. The molecule has 12 heteroatoms. The summed E-state index contributed by atoms with van der Waals surface area (Å²) in [7, 11) is 0. The monoisotopic (exact) mass is 470 g/mol. The number of carbonyl (C=O) groups is 2. The van der Waals surface area contributed by atoms with Gasteiger partial charge in [0.05, 0.1) is 16.7 Å². The molecule has 0 bridgehead atoms. The van der Waals surface area contributed by atoms with Crippen molar-refractivity contribution in [3.8, 4) is 0 Å². The Hall–Kier alpha value is -2.63. The van der Waals surface area contributed by atoms with Crippen LogP contribution in [0.2, 0.25) is 0 Å². The molecule has 28 heavy (non-hydrogen) atoms. The molecule has 1 aromatic heterocycles. The van der Waals surface area contributed by atoms with E-state index in [1.807, 2.05) is 5.32 Å². The van der Waals surface area contributed by atoms with E-state index in [2.05, 4.69) is 25.7 Å². The minimum absolute atomic E-state index is 0.0133. The number of amides is 1. The van der Waals surface area contributed by atoms with Gasteiger partial charge in [-0.2, -0.15) is 26.3 Å². The molecule has 2 rings (SSSR count). The smallest absolute Gasteiger partial charge is 0.416 e. The maximum atomic E-state index is 12.8. The second kappa shape index (κ2) is 8.17. The van der Waals surface area contributed by atoms with Crippen molar-refractivity contribution in [2.75, 3.05) is 11.9 Å². The SMILES string of the molecule is O=C(COC(=O)c1cncc(Br)c1)Nc1cc(C(F)(F)F)cc(C(F)(F)F)c1. The third kappa shape index (κ3) is 5.94. The molecular formula is C16H9BrF6N2O3. The van der Waals surface area contributed by atoms with Crippen molar-refractivity contribution in [1.29, 1.82) is 0 Å². The Bertz CT molecular complexity index is 866. The zero-order valence-corrected chi connectivity index (χ0v) is 15.1. The number of carbonyl (C=O) groups excluding carboxylic acids is 2. The number of hydrogen-bond donors (Lipinski definition) is 1. The molecule has 2 aromatic rings. The van der Waals surface area contributed by atoms with Crippen molar-refractivity contribution in [2.24, 2.45) is 0 Å². The summed E-state index contributed by atoms with van der Waals surface area (Å²) in [5.41, 5.74) is -3.93. The number of benzene rings is 1. The molecule has 5 nitrogen and oxygen atoms in total. The molecule has 0 fully saturated rings. The Labute approximate surface area is 161 Å². The minimum atomic E-state index is -5.05. The van der Waals surface area contributed by atoms with Gasteiger partial charge < -0.3 is 10.1 Å². The average Bonchev–Trinajstić information content (AvgIpc) is 2.58. The zero-order valence-electron chi connectivity index (χ0n) is 13.5. The first-order valence-corrected chi connectivity index (χ1v) is 8.02. The van der Waals surface area contributed by atoms with Crippen molar-refractivity contribution >= 4 is 33.5 Å². The molecule has 0 aliphatic carbocycles. The number of nitrogens with zero attached hydrogens (tertiary/aromatic N) is 1. The van der Waals surface area contributed by atoms with Crippen LogP contribution in [0.3, 0.4) is 0 Å². The van der Waals surface area contributed by atoms with Crippen molar-refractivity contribution in [2.45, 2.75) is 12.4 Å². The number of rotatable bonds is 4. The zero-order chi connectivity index (χ0) is 21.1. The first-order chi connectivity index (χ1) is 12.9. The number of alkyl halides is 6. The standard InChI is InChI=1S/C16H9BrF6N2O3/c17-11-1-8(5-24-6-11)14(27)28-7-13(26)25-12-3-9(15(18,19)20)2-10(4-12)16(21,22)23/h1-6H,7H2,(H,25,26). The molecule has 150 valence electrons. The first-order valence-electron chi connectivity index (χ1n) is 7.23. The van der Waals surface area contributed by atoms with Crippen LogP contribution >= 0.6 is 15.9 Å². The molecule has 1 heterocycles. The quantitative estimate of drug-likeness (QED) is 0.520. The van der Waals surface area contributed by atoms with Gasteiger partial charge in [-0.05, 0) is 40.2 Å². The topological polar surface area (TPSA) is 68.3 Å². The highest BCUT2D eigenvalue weighted by Gasteiger charge is 2.37. The lowest BCUT2D eigenvalue weighted by molar-refractivity contribution is -0.143. The highest BCUT2D eigenvalue weighted by molar-refractivity contribution is 9.10. The van der Waals surface area contributed by atoms with E-state index in [-0.39, 0.29) is 11.6 Å². The van der Waals surface area contributed by atoms with Gasteiger partial charge in [-0.1, -0.05) is 0 Å². The van der Waals surface area contributed by atoms with Gasteiger partial charge in [0.25, 0.3) is 5.91 Å². The van der Waals surface area contributed by atoms with Crippen LogP contribution in [-0.2, 0) is 21.9 Å². The van der Waals surface area contributed by atoms with Gasteiger partial charge in [0, 0.05) is 22.6 Å². The van der Waals surface area contributed by atoms with Crippen LogP contribution < -0.4 is 5.32 Å². The molecule has 1 amide bonds.